The minimum atomic E-state index is -1.50. The smallest absolute Gasteiger partial charge is 0.259 e. The summed E-state index contributed by atoms with van der Waals surface area (Å²) in [5.74, 6) is -0.269. The van der Waals surface area contributed by atoms with E-state index in [1.165, 1.54) is 90.2 Å². The Kier molecular flexibility index (Phi) is 17.2. The number of methoxy groups -OCH3 is 1. The number of imide groups is 1. The highest BCUT2D eigenvalue weighted by Crippen LogP contribution is 2.22. The maximum Gasteiger partial charge on any atom is 0.259 e. The van der Waals surface area contributed by atoms with Gasteiger partial charge in [0.25, 0.3) is 5.91 Å². The van der Waals surface area contributed by atoms with Crippen molar-refractivity contribution in [2.45, 2.75) is 110 Å². The lowest BCUT2D eigenvalue weighted by atomic mass is 10.0. The summed E-state index contributed by atoms with van der Waals surface area (Å²) in [4.78, 5) is 24.4. The van der Waals surface area contributed by atoms with Gasteiger partial charge in [-0.15, -0.1) is 0 Å². The van der Waals surface area contributed by atoms with Gasteiger partial charge < -0.3 is 4.74 Å². The Hall–Kier alpha value is -1.31. The van der Waals surface area contributed by atoms with Gasteiger partial charge in [-0.25, -0.2) is 0 Å². The average molecular weight is 560 g/mol. The fourth-order valence-corrected chi connectivity index (χ4v) is 4.75. The first-order valence-electron chi connectivity index (χ1n) is 12.4. The fraction of sp³-hybridized carbons (Fsp3) is 0.692. The molecule has 0 aliphatic rings. The van der Waals surface area contributed by atoms with Gasteiger partial charge in [-0.2, -0.15) is 0 Å². The standard InChI is InChI=1S/C26H42INO4/c1-3-4-5-6-7-8-9-10-11-12-13-14-15-16-17-18-25(29)28-26(30)23-21-22(32-2)19-20-24(23)27-31/h19-21H,3-18H2,1-2H3,(H,28,29,30). The summed E-state index contributed by atoms with van der Waals surface area (Å²) < 4.78 is 17.0. The third-order valence-corrected chi connectivity index (χ3v) is 7.18. The molecule has 0 atom stereocenters. The zero-order valence-electron chi connectivity index (χ0n) is 20.1. The second-order valence-corrected chi connectivity index (χ2v) is 10.1. The van der Waals surface area contributed by atoms with Crippen molar-refractivity contribution in [2.75, 3.05) is 7.11 Å². The van der Waals surface area contributed by atoms with E-state index >= 15 is 0 Å². The van der Waals surface area contributed by atoms with Crippen molar-refractivity contribution < 1.29 is 17.4 Å². The van der Waals surface area contributed by atoms with E-state index in [9.17, 15) is 12.7 Å². The lowest BCUT2D eigenvalue weighted by molar-refractivity contribution is -0.120. The Morgan fingerprint density at radius 1 is 0.812 bits per heavy atom. The van der Waals surface area contributed by atoms with Gasteiger partial charge in [0, 0.05) is 6.42 Å². The van der Waals surface area contributed by atoms with Crippen LogP contribution in [0.2, 0.25) is 0 Å². The van der Waals surface area contributed by atoms with Gasteiger partial charge in [-0.1, -0.05) is 96.8 Å². The molecule has 0 heterocycles. The number of carbonyl (C=O) groups excluding carboxylic acids is 2. The molecule has 1 aromatic carbocycles. The molecule has 0 spiro atoms. The monoisotopic (exact) mass is 559 g/mol. The van der Waals surface area contributed by atoms with Crippen LogP contribution < -0.4 is 10.1 Å². The van der Waals surface area contributed by atoms with Crippen LogP contribution in [0.25, 0.3) is 0 Å². The highest BCUT2D eigenvalue weighted by Gasteiger charge is 2.15. The van der Waals surface area contributed by atoms with Crippen molar-refractivity contribution in [1.82, 2.24) is 5.32 Å². The highest BCUT2D eigenvalue weighted by molar-refractivity contribution is 14.1. The second-order valence-electron chi connectivity index (χ2n) is 8.50. The molecule has 32 heavy (non-hydrogen) atoms. The van der Waals surface area contributed by atoms with Crippen molar-refractivity contribution in [2.24, 2.45) is 0 Å². The summed E-state index contributed by atoms with van der Waals surface area (Å²) in [6, 6.07) is 4.82. The van der Waals surface area contributed by atoms with E-state index in [0.717, 1.165) is 19.3 Å². The third-order valence-electron chi connectivity index (χ3n) is 5.76. The van der Waals surface area contributed by atoms with Gasteiger partial charge >= 0.3 is 0 Å². The van der Waals surface area contributed by atoms with Gasteiger partial charge in [0.2, 0.25) is 5.91 Å². The summed E-state index contributed by atoms with van der Waals surface area (Å²) in [5, 5.41) is 2.42. The molecule has 0 saturated carbocycles. The number of hydrogen-bond donors (Lipinski definition) is 1. The summed E-state index contributed by atoms with van der Waals surface area (Å²) in [5.41, 5.74) is 0.261. The van der Waals surface area contributed by atoms with Crippen LogP contribution in [-0.2, 0) is 7.86 Å². The molecule has 0 radical (unpaired) electrons. The largest absolute Gasteiger partial charge is 0.497 e. The highest BCUT2D eigenvalue weighted by atomic mass is 127. The molecule has 0 fully saturated rings. The van der Waals surface area contributed by atoms with Crippen LogP contribution >= 0.6 is 21.2 Å². The summed E-state index contributed by atoms with van der Waals surface area (Å²) in [6.07, 6.45) is 19.5. The van der Waals surface area contributed by atoms with Crippen LogP contribution in [0.4, 0.5) is 0 Å². The number of carbonyl (C=O) groups is 2. The number of ether oxygens (including phenoxy) is 1. The average Bonchev–Trinajstić information content (AvgIpc) is 2.81. The van der Waals surface area contributed by atoms with Crippen molar-refractivity contribution >= 4 is 33.0 Å². The van der Waals surface area contributed by atoms with Crippen LogP contribution in [0.1, 0.15) is 120 Å². The second kappa shape index (κ2) is 19.2. The van der Waals surface area contributed by atoms with Crippen molar-refractivity contribution in [1.29, 1.82) is 0 Å². The Morgan fingerprint density at radius 2 is 1.31 bits per heavy atom. The first-order chi connectivity index (χ1) is 15.6. The van der Waals surface area contributed by atoms with E-state index in [1.54, 1.807) is 12.1 Å². The Labute approximate surface area is 205 Å². The first-order valence-corrected chi connectivity index (χ1v) is 14.4. The van der Waals surface area contributed by atoms with Gasteiger partial charge in [0.1, 0.15) is 5.75 Å². The molecule has 1 aromatic rings. The number of unbranched alkanes of at least 4 members (excludes halogenated alkanes) is 14. The zero-order valence-corrected chi connectivity index (χ0v) is 22.2. The number of benzene rings is 1. The normalized spacial score (nSPS) is 10.8. The van der Waals surface area contributed by atoms with Crippen molar-refractivity contribution in [3.8, 4) is 5.75 Å². The van der Waals surface area contributed by atoms with E-state index in [0.29, 0.717) is 15.7 Å². The molecule has 0 aliphatic heterocycles. The quantitative estimate of drug-likeness (QED) is 0.139. The number of halogens is 1. The molecular weight excluding hydrogens is 517 g/mol. The number of nitrogens with one attached hydrogen (secondary N) is 1. The molecule has 0 saturated heterocycles. The zero-order chi connectivity index (χ0) is 23.4. The summed E-state index contributed by atoms with van der Waals surface area (Å²) >= 11 is -1.50. The number of hydrogen-bond acceptors (Lipinski definition) is 4. The number of rotatable bonds is 19. The van der Waals surface area contributed by atoms with Gasteiger partial charge in [-0.05, 0) is 24.6 Å². The molecule has 1 N–H and O–H groups in total. The molecule has 0 aliphatic carbocycles. The Bertz CT molecular complexity index is 678. The topological polar surface area (TPSA) is 72.5 Å². The van der Waals surface area contributed by atoms with Crippen LogP contribution in [0, 0.1) is 3.57 Å². The van der Waals surface area contributed by atoms with E-state index in [-0.39, 0.29) is 11.5 Å². The molecule has 0 aromatic heterocycles. The molecule has 5 nitrogen and oxygen atoms in total. The van der Waals surface area contributed by atoms with Crippen LogP contribution in [-0.4, -0.2) is 18.9 Å². The third kappa shape index (κ3) is 13.3. The minimum Gasteiger partial charge on any atom is -0.497 e. The van der Waals surface area contributed by atoms with Crippen LogP contribution in [0.3, 0.4) is 0 Å². The van der Waals surface area contributed by atoms with Crippen LogP contribution in [0.5, 0.6) is 5.75 Å². The first kappa shape index (κ1) is 28.7. The maximum atomic E-state index is 12.4. The van der Waals surface area contributed by atoms with E-state index in [4.69, 9.17) is 4.74 Å². The fourth-order valence-electron chi connectivity index (χ4n) is 3.79. The molecular formula is C26H42INO4. The van der Waals surface area contributed by atoms with Gasteiger partial charge in [0.05, 0.1) is 16.2 Å². The lowest BCUT2D eigenvalue weighted by Crippen LogP contribution is -2.30. The number of amides is 2. The van der Waals surface area contributed by atoms with E-state index in [2.05, 4.69) is 12.2 Å². The minimum absolute atomic E-state index is 0.261. The molecule has 0 bridgehead atoms. The van der Waals surface area contributed by atoms with Crippen molar-refractivity contribution in [3.63, 3.8) is 0 Å². The van der Waals surface area contributed by atoms with Crippen LogP contribution in [0.15, 0.2) is 18.2 Å². The lowest BCUT2D eigenvalue weighted by Gasteiger charge is -2.08. The van der Waals surface area contributed by atoms with Gasteiger partial charge in [0.15, 0.2) is 21.2 Å². The molecule has 182 valence electrons. The summed E-state index contributed by atoms with van der Waals surface area (Å²) in [6.45, 7) is 2.26. The van der Waals surface area contributed by atoms with Crippen molar-refractivity contribution in [3.05, 3.63) is 27.3 Å². The Morgan fingerprint density at radius 3 is 1.78 bits per heavy atom. The molecule has 6 heteroatoms. The Balaban J connectivity index is 2.03. The predicted octanol–water partition coefficient (Wildman–Crippen LogP) is 7.70. The maximum absolute atomic E-state index is 12.4. The molecule has 2 amide bonds. The van der Waals surface area contributed by atoms with Gasteiger partial charge in [-0.3, -0.25) is 18.0 Å². The summed E-state index contributed by atoms with van der Waals surface area (Å²) in [7, 11) is 1.50. The predicted molar refractivity (Wildman–Crippen MR) is 138 cm³/mol. The van der Waals surface area contributed by atoms with E-state index < -0.39 is 27.1 Å². The molecule has 1 rings (SSSR count). The molecule has 0 unspecified atom stereocenters. The van der Waals surface area contributed by atoms with E-state index in [1.807, 2.05) is 0 Å². The SMILES string of the molecule is CCCCCCCCCCCCCCCCCC(=O)NC(=O)c1cc(OC)ccc1I=O.